The van der Waals surface area contributed by atoms with Gasteiger partial charge in [-0.3, -0.25) is 0 Å². The van der Waals surface area contributed by atoms with E-state index in [9.17, 15) is 10.2 Å². The van der Waals surface area contributed by atoms with Crippen LogP contribution in [0.25, 0.3) is 0 Å². The standard InChI is InChI=1S/C23H41NO2/c1-4-5-7-11-20(25)12-13-21-22-16-18(15-19(22)17-23(21)26)10-8-6-9-14-24(2)3/h12-13,15,19-23,25-26H,4-11,14,16-17H2,1-3H3/b13-12-/t19-,20-,21+,22-,23+/m0/s1. The van der Waals surface area contributed by atoms with Crippen molar-refractivity contribution in [1.29, 1.82) is 0 Å². The minimum absolute atomic E-state index is 0.225. The fourth-order valence-electron chi connectivity index (χ4n) is 4.70. The van der Waals surface area contributed by atoms with E-state index in [1.165, 1.54) is 45.1 Å². The summed E-state index contributed by atoms with van der Waals surface area (Å²) in [6.45, 7) is 3.37. The highest BCUT2D eigenvalue weighted by Gasteiger charge is 2.43. The first-order valence-corrected chi connectivity index (χ1v) is 10.9. The Labute approximate surface area is 161 Å². The maximum atomic E-state index is 10.4. The van der Waals surface area contributed by atoms with Crippen LogP contribution in [-0.2, 0) is 0 Å². The first-order valence-electron chi connectivity index (χ1n) is 10.9. The fraction of sp³-hybridized carbons (Fsp3) is 0.826. The van der Waals surface area contributed by atoms with Crippen molar-refractivity contribution in [2.45, 2.75) is 83.3 Å². The van der Waals surface area contributed by atoms with Gasteiger partial charge in [0.15, 0.2) is 0 Å². The molecule has 1 saturated carbocycles. The molecule has 150 valence electrons. The second-order valence-corrected chi connectivity index (χ2v) is 8.80. The van der Waals surface area contributed by atoms with Gasteiger partial charge in [-0.15, -0.1) is 0 Å². The number of hydrogen-bond acceptors (Lipinski definition) is 3. The molecule has 0 amide bonds. The van der Waals surface area contributed by atoms with Crippen molar-refractivity contribution in [3.8, 4) is 0 Å². The van der Waals surface area contributed by atoms with Gasteiger partial charge >= 0.3 is 0 Å². The van der Waals surface area contributed by atoms with Gasteiger partial charge in [0, 0.05) is 5.92 Å². The predicted octanol–water partition coefficient (Wildman–Crippen LogP) is 4.55. The van der Waals surface area contributed by atoms with Crippen molar-refractivity contribution >= 4 is 0 Å². The average Bonchev–Trinajstić information content (AvgIpc) is 3.09. The summed E-state index contributed by atoms with van der Waals surface area (Å²) < 4.78 is 0. The van der Waals surface area contributed by atoms with Gasteiger partial charge in [-0.05, 0) is 71.0 Å². The van der Waals surface area contributed by atoms with Gasteiger partial charge in [-0.1, -0.05) is 56.4 Å². The molecule has 0 bridgehead atoms. The monoisotopic (exact) mass is 363 g/mol. The molecule has 0 aromatic heterocycles. The van der Waals surface area contributed by atoms with E-state index in [4.69, 9.17) is 0 Å². The van der Waals surface area contributed by atoms with Crippen LogP contribution in [0.1, 0.15) is 71.1 Å². The molecule has 0 radical (unpaired) electrons. The van der Waals surface area contributed by atoms with Crippen molar-refractivity contribution in [2.75, 3.05) is 20.6 Å². The summed E-state index contributed by atoms with van der Waals surface area (Å²) in [4.78, 5) is 2.26. The van der Waals surface area contributed by atoms with Gasteiger partial charge in [-0.25, -0.2) is 0 Å². The molecule has 2 aliphatic carbocycles. The molecule has 3 heteroatoms. The Balaban J connectivity index is 1.74. The number of aliphatic hydroxyl groups is 2. The molecule has 2 aliphatic rings. The number of fused-ring (bicyclic) bond motifs is 1. The lowest BCUT2D eigenvalue weighted by Gasteiger charge is -2.19. The molecule has 0 unspecified atom stereocenters. The summed E-state index contributed by atoms with van der Waals surface area (Å²) in [6.07, 6.45) is 17.4. The second-order valence-electron chi connectivity index (χ2n) is 8.80. The third-order valence-electron chi connectivity index (χ3n) is 6.21. The molecule has 26 heavy (non-hydrogen) atoms. The van der Waals surface area contributed by atoms with Crippen molar-refractivity contribution in [3.05, 3.63) is 23.8 Å². The molecule has 2 N–H and O–H groups in total. The van der Waals surface area contributed by atoms with Crippen molar-refractivity contribution < 1.29 is 10.2 Å². The van der Waals surface area contributed by atoms with Crippen LogP contribution >= 0.6 is 0 Å². The third-order valence-corrected chi connectivity index (χ3v) is 6.21. The zero-order valence-electron chi connectivity index (χ0n) is 17.2. The molecule has 0 aliphatic heterocycles. The van der Waals surface area contributed by atoms with Crippen LogP contribution in [0.2, 0.25) is 0 Å². The summed E-state index contributed by atoms with van der Waals surface area (Å²) in [7, 11) is 4.28. The Hall–Kier alpha value is -0.640. The SMILES string of the molecule is CCCCC[C@H](O)/C=C\[C@@H]1[C@H]2CC(CCCCCN(C)C)=C[C@H]2C[C@H]1O. The van der Waals surface area contributed by atoms with Crippen LogP contribution in [0, 0.1) is 17.8 Å². The summed E-state index contributed by atoms with van der Waals surface area (Å²) in [6, 6.07) is 0. The Kier molecular flexibility index (Phi) is 9.38. The van der Waals surface area contributed by atoms with Crippen molar-refractivity contribution in [3.63, 3.8) is 0 Å². The van der Waals surface area contributed by atoms with Crippen molar-refractivity contribution in [2.24, 2.45) is 17.8 Å². The molecule has 1 fully saturated rings. The largest absolute Gasteiger partial charge is 0.392 e. The third kappa shape index (κ3) is 6.83. The molecular formula is C23H41NO2. The maximum Gasteiger partial charge on any atom is 0.0721 e. The van der Waals surface area contributed by atoms with Crippen LogP contribution in [0.4, 0.5) is 0 Å². The van der Waals surface area contributed by atoms with E-state index in [2.05, 4.69) is 38.1 Å². The van der Waals surface area contributed by atoms with Gasteiger partial charge in [0.05, 0.1) is 12.2 Å². The topological polar surface area (TPSA) is 43.7 Å². The summed E-state index contributed by atoms with van der Waals surface area (Å²) in [5.41, 5.74) is 1.61. The van der Waals surface area contributed by atoms with E-state index >= 15 is 0 Å². The van der Waals surface area contributed by atoms with Crippen LogP contribution in [-0.4, -0.2) is 48.0 Å². The molecular weight excluding hydrogens is 322 g/mol. The Morgan fingerprint density at radius 3 is 2.73 bits per heavy atom. The first-order chi connectivity index (χ1) is 12.5. The number of allylic oxidation sites excluding steroid dienone is 2. The highest BCUT2D eigenvalue weighted by molar-refractivity contribution is 5.20. The Morgan fingerprint density at radius 2 is 2.00 bits per heavy atom. The highest BCUT2D eigenvalue weighted by Crippen LogP contribution is 2.48. The maximum absolute atomic E-state index is 10.4. The van der Waals surface area contributed by atoms with Crippen molar-refractivity contribution in [1.82, 2.24) is 4.90 Å². The summed E-state index contributed by atoms with van der Waals surface area (Å²) in [5, 5.41) is 20.6. The van der Waals surface area contributed by atoms with Crippen LogP contribution in [0.3, 0.4) is 0 Å². The number of unbranched alkanes of at least 4 members (excludes halogenated alkanes) is 4. The van der Waals surface area contributed by atoms with Gasteiger partial charge in [-0.2, -0.15) is 0 Å². The average molecular weight is 364 g/mol. The normalized spacial score (nSPS) is 29.5. The lowest BCUT2D eigenvalue weighted by molar-refractivity contribution is 0.139. The molecule has 0 aromatic rings. The van der Waals surface area contributed by atoms with Crippen LogP contribution in [0.5, 0.6) is 0 Å². The van der Waals surface area contributed by atoms with E-state index in [-0.39, 0.29) is 18.1 Å². The fourth-order valence-corrected chi connectivity index (χ4v) is 4.70. The van der Waals surface area contributed by atoms with E-state index in [1.807, 2.05) is 6.08 Å². The zero-order valence-corrected chi connectivity index (χ0v) is 17.2. The molecule has 0 heterocycles. The van der Waals surface area contributed by atoms with Crippen LogP contribution < -0.4 is 0 Å². The number of nitrogens with zero attached hydrogens (tertiary/aromatic N) is 1. The second kappa shape index (κ2) is 11.3. The number of aliphatic hydroxyl groups excluding tert-OH is 2. The molecule has 0 saturated heterocycles. The molecule has 2 rings (SSSR count). The smallest absolute Gasteiger partial charge is 0.0721 e. The van der Waals surface area contributed by atoms with E-state index in [0.717, 1.165) is 25.7 Å². The quantitative estimate of drug-likeness (QED) is 0.395. The van der Waals surface area contributed by atoms with Gasteiger partial charge in [0.1, 0.15) is 0 Å². The zero-order chi connectivity index (χ0) is 18.9. The molecule has 0 spiro atoms. The first kappa shape index (κ1) is 21.7. The number of hydrogen-bond donors (Lipinski definition) is 2. The number of rotatable bonds is 12. The molecule has 3 nitrogen and oxygen atoms in total. The van der Waals surface area contributed by atoms with Gasteiger partial charge in [0.25, 0.3) is 0 Å². The Bertz CT molecular complexity index is 457. The summed E-state index contributed by atoms with van der Waals surface area (Å²) >= 11 is 0. The Morgan fingerprint density at radius 1 is 1.19 bits per heavy atom. The lowest BCUT2D eigenvalue weighted by atomic mass is 9.88. The van der Waals surface area contributed by atoms with Gasteiger partial charge in [0.2, 0.25) is 0 Å². The van der Waals surface area contributed by atoms with E-state index in [1.54, 1.807) is 5.57 Å². The van der Waals surface area contributed by atoms with Crippen LogP contribution in [0.15, 0.2) is 23.8 Å². The summed E-state index contributed by atoms with van der Waals surface area (Å²) in [5.74, 6) is 1.33. The highest BCUT2D eigenvalue weighted by atomic mass is 16.3. The predicted molar refractivity (Wildman–Crippen MR) is 110 cm³/mol. The molecule has 5 atom stereocenters. The lowest BCUT2D eigenvalue weighted by Crippen LogP contribution is -2.18. The molecule has 0 aromatic carbocycles. The van der Waals surface area contributed by atoms with E-state index < -0.39 is 0 Å². The van der Waals surface area contributed by atoms with Gasteiger partial charge < -0.3 is 15.1 Å². The van der Waals surface area contributed by atoms with E-state index in [0.29, 0.717) is 11.8 Å². The minimum atomic E-state index is -0.349. The minimum Gasteiger partial charge on any atom is -0.392 e.